The zero-order valence-electron chi connectivity index (χ0n) is 16.0. The van der Waals surface area contributed by atoms with Gasteiger partial charge in [-0.3, -0.25) is 0 Å². The summed E-state index contributed by atoms with van der Waals surface area (Å²) < 4.78 is 5.47. The van der Waals surface area contributed by atoms with E-state index in [-0.39, 0.29) is 11.7 Å². The molecule has 1 aliphatic carbocycles. The molecule has 0 radical (unpaired) electrons. The first kappa shape index (κ1) is 20.0. The molecule has 1 aliphatic rings. The fraction of sp³-hybridized carbons (Fsp3) is 0.737. The van der Waals surface area contributed by atoms with Gasteiger partial charge in [-0.2, -0.15) is 0 Å². The molecule has 132 valence electrons. The molecule has 4 heteroatoms. The number of aliphatic hydroxyl groups is 1. The zero-order valence-corrected chi connectivity index (χ0v) is 17.0. The molecule has 0 spiro atoms. The molecule has 0 amide bonds. The summed E-state index contributed by atoms with van der Waals surface area (Å²) in [5, 5.41) is 10.4. The molecule has 0 saturated carbocycles. The quantitative estimate of drug-likeness (QED) is 0.528. The number of ether oxygens (including phenoxy) is 1. The first-order valence-corrected chi connectivity index (χ1v) is 12.4. The van der Waals surface area contributed by atoms with Gasteiger partial charge < -0.3 is 9.84 Å². The maximum absolute atomic E-state index is 12.4. The summed E-state index contributed by atoms with van der Waals surface area (Å²) in [6.45, 7) is 14.7. The van der Waals surface area contributed by atoms with Crippen LogP contribution < -0.4 is 0 Å². The van der Waals surface area contributed by atoms with E-state index in [0.717, 1.165) is 19.3 Å². The Bertz CT molecular complexity index is 490. The largest absolute Gasteiger partial charge is 0.512 e. The van der Waals surface area contributed by atoms with E-state index in [9.17, 15) is 9.90 Å². The summed E-state index contributed by atoms with van der Waals surface area (Å²) in [7, 11) is -1.38. The molecule has 1 atom stereocenters. The number of hydrogen-bond acceptors (Lipinski definition) is 3. The monoisotopic (exact) mass is 338 g/mol. The number of rotatable bonds is 5. The molecule has 0 heterocycles. The van der Waals surface area contributed by atoms with Crippen molar-refractivity contribution in [2.24, 2.45) is 5.92 Å². The Balaban J connectivity index is 3.06. The minimum atomic E-state index is -1.38. The number of carbonyl (C=O) groups is 1. The molecule has 1 N–H and O–H groups in total. The maximum atomic E-state index is 12.4. The second kappa shape index (κ2) is 7.69. The lowest BCUT2D eigenvalue weighted by atomic mass is 9.81. The average Bonchev–Trinajstić information content (AvgIpc) is 2.34. The Morgan fingerprint density at radius 2 is 1.96 bits per heavy atom. The van der Waals surface area contributed by atoms with Gasteiger partial charge in [0.05, 0.1) is 13.6 Å². The summed E-state index contributed by atoms with van der Waals surface area (Å²) in [6, 6.07) is 0. The van der Waals surface area contributed by atoms with Gasteiger partial charge >= 0.3 is 5.97 Å². The Labute approximate surface area is 142 Å². The second-order valence-electron chi connectivity index (χ2n) is 8.73. The van der Waals surface area contributed by atoms with E-state index in [4.69, 9.17) is 4.74 Å². The highest BCUT2D eigenvalue weighted by atomic mass is 28.3. The van der Waals surface area contributed by atoms with Crippen LogP contribution in [0.1, 0.15) is 59.8 Å². The molecule has 0 aromatic heterocycles. The van der Waals surface area contributed by atoms with Crippen LogP contribution >= 0.6 is 0 Å². The van der Waals surface area contributed by atoms with Crippen LogP contribution in [0, 0.1) is 5.92 Å². The van der Waals surface area contributed by atoms with E-state index in [2.05, 4.69) is 32.3 Å². The molecule has 0 bridgehead atoms. The first-order valence-electron chi connectivity index (χ1n) is 8.79. The minimum Gasteiger partial charge on any atom is -0.512 e. The molecule has 0 aromatic rings. The highest BCUT2D eigenvalue weighted by molar-refractivity contribution is 6.81. The van der Waals surface area contributed by atoms with Gasteiger partial charge in [-0.05, 0) is 33.1 Å². The smallest absolute Gasteiger partial charge is 0.338 e. The maximum Gasteiger partial charge on any atom is 0.338 e. The van der Waals surface area contributed by atoms with Crippen molar-refractivity contribution in [1.82, 2.24) is 0 Å². The summed E-state index contributed by atoms with van der Waals surface area (Å²) in [5.41, 5.74) is 3.66. The molecule has 23 heavy (non-hydrogen) atoms. The van der Waals surface area contributed by atoms with Crippen molar-refractivity contribution in [3.8, 4) is 0 Å². The Hall–Kier alpha value is -1.03. The van der Waals surface area contributed by atoms with Gasteiger partial charge in [0.25, 0.3) is 0 Å². The van der Waals surface area contributed by atoms with Crippen LogP contribution in [0.4, 0.5) is 0 Å². The fourth-order valence-electron chi connectivity index (χ4n) is 2.93. The van der Waals surface area contributed by atoms with Crippen molar-refractivity contribution in [2.45, 2.75) is 85.0 Å². The normalized spacial score (nSPS) is 21.7. The van der Waals surface area contributed by atoms with E-state index in [1.165, 1.54) is 5.57 Å². The molecule has 0 aromatic carbocycles. The molecule has 0 fully saturated rings. The fourth-order valence-corrected chi connectivity index (χ4v) is 4.38. The highest BCUT2D eigenvalue weighted by Crippen LogP contribution is 2.37. The Morgan fingerprint density at radius 1 is 1.35 bits per heavy atom. The average molecular weight is 339 g/mol. The summed E-state index contributed by atoms with van der Waals surface area (Å²) in [6.07, 6.45) is 4.51. The van der Waals surface area contributed by atoms with Gasteiger partial charge in [0, 0.05) is 12.8 Å². The standard InChI is InChI=1S/C19H34O3Si/c1-8-9-10-14-12-17(20)16(18(21)22-19(2,3)4)11-15(14)13-23(5,6)7/h13-14,20H,8-12H2,1-7H3/b15-13-. The van der Waals surface area contributed by atoms with Gasteiger partial charge in [-0.25, -0.2) is 4.79 Å². The number of allylic oxidation sites excluding steroid dienone is 2. The van der Waals surface area contributed by atoms with Crippen LogP contribution in [0.15, 0.2) is 22.6 Å². The van der Waals surface area contributed by atoms with Crippen molar-refractivity contribution >= 4 is 14.0 Å². The van der Waals surface area contributed by atoms with Crippen LogP contribution in [-0.4, -0.2) is 24.8 Å². The van der Waals surface area contributed by atoms with Crippen molar-refractivity contribution in [1.29, 1.82) is 0 Å². The SMILES string of the molecule is CCCCC1CC(O)=C(C(=O)OC(C)(C)C)C/C1=C/[Si](C)(C)C. The minimum absolute atomic E-state index is 0.230. The third-order valence-corrected chi connectivity index (χ3v) is 5.10. The number of aliphatic hydroxyl groups excluding tert-OH is 1. The predicted molar refractivity (Wildman–Crippen MR) is 99.2 cm³/mol. The third kappa shape index (κ3) is 6.94. The number of carbonyl (C=O) groups excluding carboxylic acids is 1. The van der Waals surface area contributed by atoms with Crippen molar-refractivity contribution < 1.29 is 14.6 Å². The van der Waals surface area contributed by atoms with Gasteiger partial charge in [0.15, 0.2) is 0 Å². The van der Waals surface area contributed by atoms with E-state index >= 15 is 0 Å². The van der Waals surface area contributed by atoms with Crippen molar-refractivity contribution in [3.05, 3.63) is 22.6 Å². The van der Waals surface area contributed by atoms with Crippen LogP contribution in [0.2, 0.25) is 19.6 Å². The van der Waals surface area contributed by atoms with Crippen LogP contribution in [0.5, 0.6) is 0 Å². The molecule has 1 unspecified atom stereocenters. The molecular weight excluding hydrogens is 304 g/mol. The highest BCUT2D eigenvalue weighted by Gasteiger charge is 2.31. The summed E-state index contributed by atoms with van der Waals surface area (Å²) in [5.74, 6) is 0.228. The zero-order chi connectivity index (χ0) is 17.8. The van der Waals surface area contributed by atoms with E-state index < -0.39 is 13.7 Å². The van der Waals surface area contributed by atoms with Gasteiger partial charge in [-0.15, -0.1) is 0 Å². The summed E-state index contributed by atoms with van der Waals surface area (Å²) in [4.78, 5) is 12.4. The molecule has 1 rings (SSSR count). The number of hydrogen-bond donors (Lipinski definition) is 1. The van der Waals surface area contributed by atoms with E-state index in [0.29, 0.717) is 24.3 Å². The van der Waals surface area contributed by atoms with E-state index in [1.54, 1.807) is 0 Å². The second-order valence-corrected chi connectivity index (χ2v) is 13.8. The van der Waals surface area contributed by atoms with Crippen LogP contribution in [0.3, 0.4) is 0 Å². The molecule has 0 saturated heterocycles. The lowest BCUT2D eigenvalue weighted by molar-refractivity contribution is -0.150. The van der Waals surface area contributed by atoms with Crippen LogP contribution in [-0.2, 0) is 9.53 Å². The lowest BCUT2D eigenvalue weighted by Crippen LogP contribution is -2.28. The number of esters is 1. The predicted octanol–water partition coefficient (Wildman–Crippen LogP) is 5.54. The van der Waals surface area contributed by atoms with Gasteiger partial charge in [0.1, 0.15) is 11.4 Å². The summed E-state index contributed by atoms with van der Waals surface area (Å²) >= 11 is 0. The molecule has 0 aliphatic heterocycles. The lowest BCUT2D eigenvalue weighted by Gasteiger charge is -2.30. The number of unbranched alkanes of at least 4 members (excludes halogenated alkanes) is 1. The topological polar surface area (TPSA) is 46.5 Å². The Morgan fingerprint density at radius 3 is 2.43 bits per heavy atom. The van der Waals surface area contributed by atoms with Gasteiger partial charge in [-0.1, -0.05) is 50.7 Å². The third-order valence-electron chi connectivity index (χ3n) is 3.86. The molecular formula is C19H34O3Si. The van der Waals surface area contributed by atoms with Crippen molar-refractivity contribution in [2.75, 3.05) is 0 Å². The Kier molecular flexibility index (Phi) is 6.69. The van der Waals surface area contributed by atoms with Crippen LogP contribution in [0.25, 0.3) is 0 Å². The van der Waals surface area contributed by atoms with Crippen molar-refractivity contribution in [3.63, 3.8) is 0 Å². The van der Waals surface area contributed by atoms with E-state index in [1.807, 2.05) is 20.8 Å². The van der Waals surface area contributed by atoms with Gasteiger partial charge in [0.2, 0.25) is 0 Å². The first-order chi connectivity index (χ1) is 10.4. The molecule has 3 nitrogen and oxygen atoms in total.